The third-order valence-electron chi connectivity index (χ3n) is 1.51. The zero-order valence-electron chi connectivity index (χ0n) is 7.32. The minimum Gasteiger partial charge on any atom is -0.295 e. The van der Waals surface area contributed by atoms with Gasteiger partial charge in [-0.05, 0) is 18.6 Å². The predicted molar refractivity (Wildman–Crippen MR) is 47.3 cm³/mol. The van der Waals surface area contributed by atoms with Crippen molar-refractivity contribution in [2.45, 2.75) is 6.92 Å². The summed E-state index contributed by atoms with van der Waals surface area (Å²) in [7, 11) is 1.96. The van der Waals surface area contributed by atoms with Gasteiger partial charge in [-0.3, -0.25) is 4.79 Å². The van der Waals surface area contributed by atoms with Crippen LogP contribution in [-0.4, -0.2) is 5.78 Å². The van der Waals surface area contributed by atoms with Gasteiger partial charge in [-0.2, -0.15) is 0 Å². The number of carbonyl (C=O) groups excluding carboxylic acids is 1. The lowest BCUT2D eigenvalue weighted by atomic mass is 10.2. The van der Waals surface area contributed by atoms with Crippen molar-refractivity contribution in [3.63, 3.8) is 0 Å². The van der Waals surface area contributed by atoms with Crippen molar-refractivity contribution < 1.29 is 9.36 Å². The molecule has 62 valence electrons. The Balaban J connectivity index is 2.77. The Hall–Kier alpha value is -1.44. The van der Waals surface area contributed by atoms with Gasteiger partial charge in [0.15, 0.2) is 18.2 Å². The normalized spacial score (nSPS) is 10.5. The maximum Gasteiger partial charge on any atom is 0.169 e. The molecule has 0 spiro atoms. The van der Waals surface area contributed by atoms with Gasteiger partial charge in [0, 0.05) is 12.1 Å². The largest absolute Gasteiger partial charge is 0.295 e. The SMILES string of the molecule is CC(=O)/C=C/c1cc[n+](C)cc1. The molecule has 0 N–H and O–H groups in total. The summed E-state index contributed by atoms with van der Waals surface area (Å²) in [6.45, 7) is 1.54. The molecule has 0 amide bonds. The van der Waals surface area contributed by atoms with Crippen molar-refractivity contribution in [1.29, 1.82) is 0 Å². The fraction of sp³-hybridized carbons (Fsp3) is 0.200. The second kappa shape index (κ2) is 3.81. The van der Waals surface area contributed by atoms with Crippen molar-refractivity contribution in [1.82, 2.24) is 0 Å². The van der Waals surface area contributed by atoms with E-state index in [-0.39, 0.29) is 5.78 Å². The molecule has 12 heavy (non-hydrogen) atoms. The second-order valence-corrected chi connectivity index (χ2v) is 2.74. The molecule has 0 aliphatic rings. The molecule has 0 saturated carbocycles. The van der Waals surface area contributed by atoms with Crippen LogP contribution in [0.1, 0.15) is 12.5 Å². The number of hydrogen-bond donors (Lipinski definition) is 0. The molecule has 0 aliphatic carbocycles. The Bertz CT molecular complexity index is 298. The van der Waals surface area contributed by atoms with E-state index in [0.29, 0.717) is 0 Å². The fourth-order valence-corrected chi connectivity index (χ4v) is 0.837. The number of rotatable bonds is 2. The summed E-state index contributed by atoms with van der Waals surface area (Å²) in [5, 5.41) is 0. The summed E-state index contributed by atoms with van der Waals surface area (Å²) >= 11 is 0. The summed E-state index contributed by atoms with van der Waals surface area (Å²) in [6.07, 6.45) is 7.26. The molecule has 1 rings (SSSR count). The average molecular weight is 162 g/mol. The molecule has 2 nitrogen and oxygen atoms in total. The lowest BCUT2D eigenvalue weighted by Crippen LogP contribution is -2.25. The van der Waals surface area contributed by atoms with Gasteiger partial charge in [-0.1, -0.05) is 6.08 Å². The maximum atomic E-state index is 10.6. The van der Waals surface area contributed by atoms with Crippen LogP contribution in [0, 0.1) is 0 Å². The smallest absolute Gasteiger partial charge is 0.169 e. The summed E-state index contributed by atoms with van der Waals surface area (Å²) in [6, 6.07) is 3.92. The van der Waals surface area contributed by atoms with Crippen molar-refractivity contribution >= 4 is 11.9 Å². The topological polar surface area (TPSA) is 20.9 Å². The second-order valence-electron chi connectivity index (χ2n) is 2.74. The third kappa shape index (κ3) is 2.66. The molecule has 1 heterocycles. The number of pyridine rings is 1. The van der Waals surface area contributed by atoms with Crippen molar-refractivity contribution in [3.05, 3.63) is 36.2 Å². The molecule has 2 heteroatoms. The van der Waals surface area contributed by atoms with Crippen LogP contribution < -0.4 is 4.57 Å². The fourth-order valence-electron chi connectivity index (χ4n) is 0.837. The number of aromatic nitrogens is 1. The van der Waals surface area contributed by atoms with E-state index in [2.05, 4.69) is 0 Å². The van der Waals surface area contributed by atoms with Gasteiger partial charge in [0.1, 0.15) is 7.05 Å². The predicted octanol–water partition coefficient (Wildman–Crippen LogP) is 1.11. The molecule has 0 atom stereocenters. The van der Waals surface area contributed by atoms with Gasteiger partial charge in [0.2, 0.25) is 0 Å². The van der Waals surface area contributed by atoms with E-state index in [9.17, 15) is 4.79 Å². The van der Waals surface area contributed by atoms with Crippen LogP contribution in [0.15, 0.2) is 30.6 Å². The first-order valence-corrected chi connectivity index (χ1v) is 3.82. The average Bonchev–Trinajstić information content (AvgIpc) is 2.03. The van der Waals surface area contributed by atoms with Gasteiger partial charge < -0.3 is 0 Å². The highest BCUT2D eigenvalue weighted by Gasteiger charge is 1.91. The van der Waals surface area contributed by atoms with Crippen LogP contribution in [0.5, 0.6) is 0 Å². The van der Waals surface area contributed by atoms with Crippen molar-refractivity contribution in [2.24, 2.45) is 7.05 Å². The monoisotopic (exact) mass is 162 g/mol. The molecule has 0 radical (unpaired) electrons. The summed E-state index contributed by atoms with van der Waals surface area (Å²) in [5.74, 6) is 0.0724. The van der Waals surface area contributed by atoms with Crippen LogP contribution in [0.3, 0.4) is 0 Å². The Labute approximate surface area is 72.2 Å². The lowest BCUT2D eigenvalue weighted by molar-refractivity contribution is -0.671. The molecule has 0 fully saturated rings. The van der Waals surface area contributed by atoms with E-state index in [4.69, 9.17) is 0 Å². The van der Waals surface area contributed by atoms with Crippen LogP contribution in [0.2, 0.25) is 0 Å². The van der Waals surface area contributed by atoms with Crippen LogP contribution in [0.25, 0.3) is 6.08 Å². The first-order chi connectivity index (χ1) is 5.68. The highest BCUT2D eigenvalue weighted by Crippen LogP contribution is 1.97. The quantitative estimate of drug-likeness (QED) is 0.471. The maximum absolute atomic E-state index is 10.6. The number of aryl methyl sites for hydroxylation is 1. The summed E-state index contributed by atoms with van der Waals surface area (Å²) in [4.78, 5) is 10.6. The number of allylic oxidation sites excluding steroid dienone is 1. The molecular weight excluding hydrogens is 150 g/mol. The van der Waals surface area contributed by atoms with Gasteiger partial charge in [-0.15, -0.1) is 0 Å². The van der Waals surface area contributed by atoms with Crippen LogP contribution in [-0.2, 0) is 11.8 Å². The lowest BCUT2D eigenvalue weighted by Gasteiger charge is -1.89. The van der Waals surface area contributed by atoms with Crippen molar-refractivity contribution in [3.8, 4) is 0 Å². The summed E-state index contributed by atoms with van der Waals surface area (Å²) in [5.41, 5.74) is 1.04. The molecule has 0 aromatic carbocycles. The first kappa shape index (κ1) is 8.65. The first-order valence-electron chi connectivity index (χ1n) is 3.82. The van der Waals surface area contributed by atoms with Gasteiger partial charge in [-0.25, -0.2) is 4.57 Å². The van der Waals surface area contributed by atoms with E-state index in [1.165, 1.54) is 0 Å². The Morgan fingerprint density at radius 3 is 2.50 bits per heavy atom. The third-order valence-corrected chi connectivity index (χ3v) is 1.51. The number of hydrogen-bond acceptors (Lipinski definition) is 1. The van der Waals surface area contributed by atoms with Crippen LogP contribution >= 0.6 is 0 Å². The highest BCUT2D eigenvalue weighted by atomic mass is 16.1. The summed E-state index contributed by atoms with van der Waals surface area (Å²) < 4.78 is 1.95. The Morgan fingerprint density at radius 1 is 1.42 bits per heavy atom. The number of ketones is 1. The zero-order valence-corrected chi connectivity index (χ0v) is 7.32. The van der Waals surface area contributed by atoms with Crippen molar-refractivity contribution in [2.75, 3.05) is 0 Å². The van der Waals surface area contributed by atoms with Gasteiger partial charge >= 0.3 is 0 Å². The molecule has 0 saturated heterocycles. The molecule has 0 bridgehead atoms. The number of nitrogens with zero attached hydrogens (tertiary/aromatic N) is 1. The van der Waals surface area contributed by atoms with Gasteiger partial charge in [0.05, 0.1) is 0 Å². The number of carbonyl (C=O) groups is 1. The zero-order chi connectivity index (χ0) is 8.97. The highest BCUT2D eigenvalue weighted by molar-refractivity contribution is 5.91. The molecule has 1 aromatic heterocycles. The van der Waals surface area contributed by atoms with E-state index in [0.717, 1.165) is 5.56 Å². The minimum atomic E-state index is 0.0724. The standard InChI is InChI=1S/C10H12NO/c1-9(12)3-4-10-5-7-11(2)8-6-10/h3-8H,1-2H3/q+1/b4-3+. The van der Waals surface area contributed by atoms with E-state index in [1.807, 2.05) is 42.2 Å². The molecule has 1 aromatic rings. The molecule has 0 unspecified atom stereocenters. The van der Waals surface area contributed by atoms with E-state index >= 15 is 0 Å². The minimum absolute atomic E-state index is 0.0724. The van der Waals surface area contributed by atoms with Crippen LogP contribution in [0.4, 0.5) is 0 Å². The van der Waals surface area contributed by atoms with E-state index < -0.39 is 0 Å². The Morgan fingerprint density at radius 2 is 2.00 bits per heavy atom. The molecular formula is C10H12NO+. The Kier molecular flexibility index (Phi) is 2.75. The molecule has 0 aliphatic heterocycles. The van der Waals surface area contributed by atoms with E-state index in [1.54, 1.807) is 13.0 Å². The van der Waals surface area contributed by atoms with Gasteiger partial charge in [0.25, 0.3) is 0 Å².